The van der Waals surface area contributed by atoms with Gasteiger partial charge in [0.1, 0.15) is 17.8 Å². The summed E-state index contributed by atoms with van der Waals surface area (Å²) in [6, 6.07) is 5.85. The molecular formula is C17H20N4O2. The highest BCUT2D eigenvalue weighted by molar-refractivity contribution is 5.45. The zero-order chi connectivity index (χ0) is 16.4. The summed E-state index contributed by atoms with van der Waals surface area (Å²) < 4.78 is 11.3. The number of nitrogens with zero attached hydrogens (tertiary/aromatic N) is 4. The minimum absolute atomic E-state index is 0.156. The van der Waals surface area contributed by atoms with Crippen LogP contribution in [0.2, 0.25) is 0 Å². The Balaban J connectivity index is 1.76. The maximum Gasteiger partial charge on any atom is 0.263 e. The first kappa shape index (κ1) is 15.4. The molecule has 0 aliphatic carbocycles. The molecule has 0 fully saturated rings. The van der Waals surface area contributed by atoms with Crippen molar-refractivity contribution in [3.05, 3.63) is 53.6 Å². The molecule has 0 saturated heterocycles. The van der Waals surface area contributed by atoms with Crippen molar-refractivity contribution in [2.75, 3.05) is 7.05 Å². The second-order valence-electron chi connectivity index (χ2n) is 5.66. The van der Waals surface area contributed by atoms with Crippen molar-refractivity contribution in [2.24, 2.45) is 0 Å². The minimum Gasteiger partial charge on any atom is -0.456 e. The molecule has 3 rings (SSSR count). The van der Waals surface area contributed by atoms with Crippen LogP contribution in [0.1, 0.15) is 35.9 Å². The molecule has 0 aliphatic rings. The fraction of sp³-hybridized carbons (Fsp3) is 0.353. The third kappa shape index (κ3) is 3.32. The Labute approximate surface area is 135 Å². The van der Waals surface area contributed by atoms with E-state index in [2.05, 4.69) is 26.8 Å². The van der Waals surface area contributed by atoms with Crippen molar-refractivity contribution in [1.29, 1.82) is 0 Å². The lowest BCUT2D eigenvalue weighted by atomic mass is 10.2. The van der Waals surface area contributed by atoms with Gasteiger partial charge in [-0.3, -0.25) is 4.90 Å². The number of aromatic nitrogens is 3. The van der Waals surface area contributed by atoms with Crippen LogP contribution < -0.4 is 0 Å². The van der Waals surface area contributed by atoms with Crippen molar-refractivity contribution >= 4 is 0 Å². The number of hydrogen-bond acceptors (Lipinski definition) is 6. The topological polar surface area (TPSA) is 68.2 Å². The van der Waals surface area contributed by atoms with Gasteiger partial charge in [0.2, 0.25) is 0 Å². The molecule has 0 amide bonds. The molecule has 3 aromatic rings. The molecule has 6 nitrogen and oxygen atoms in total. The monoisotopic (exact) mass is 312 g/mol. The molecule has 1 atom stereocenters. The average Bonchev–Trinajstić information content (AvgIpc) is 3.14. The summed E-state index contributed by atoms with van der Waals surface area (Å²) in [5.41, 5.74) is 1.88. The van der Waals surface area contributed by atoms with Gasteiger partial charge >= 0.3 is 0 Å². The van der Waals surface area contributed by atoms with E-state index < -0.39 is 0 Å². The van der Waals surface area contributed by atoms with Gasteiger partial charge in [-0.2, -0.15) is 0 Å². The van der Waals surface area contributed by atoms with Crippen molar-refractivity contribution in [2.45, 2.75) is 33.4 Å². The maximum atomic E-state index is 5.74. The van der Waals surface area contributed by atoms with E-state index in [0.717, 1.165) is 22.9 Å². The van der Waals surface area contributed by atoms with Gasteiger partial charge in [-0.25, -0.2) is 15.0 Å². The molecule has 120 valence electrons. The van der Waals surface area contributed by atoms with Crippen molar-refractivity contribution in [3.63, 3.8) is 0 Å². The van der Waals surface area contributed by atoms with Crippen molar-refractivity contribution in [3.8, 4) is 11.7 Å². The molecule has 0 unspecified atom stereocenters. The lowest BCUT2D eigenvalue weighted by Gasteiger charge is -2.23. The molecule has 23 heavy (non-hydrogen) atoms. The van der Waals surface area contributed by atoms with E-state index in [-0.39, 0.29) is 6.04 Å². The van der Waals surface area contributed by atoms with Crippen LogP contribution in [0.5, 0.6) is 0 Å². The minimum atomic E-state index is 0.156. The Morgan fingerprint density at radius 3 is 2.65 bits per heavy atom. The van der Waals surface area contributed by atoms with Crippen LogP contribution in [0.25, 0.3) is 11.7 Å². The van der Waals surface area contributed by atoms with E-state index in [9.17, 15) is 0 Å². The van der Waals surface area contributed by atoms with Gasteiger partial charge in [0.25, 0.3) is 5.89 Å². The Morgan fingerprint density at radius 1 is 1.17 bits per heavy atom. The molecule has 0 bridgehead atoms. The van der Waals surface area contributed by atoms with Gasteiger partial charge in [-0.15, -0.1) is 0 Å². The van der Waals surface area contributed by atoms with Crippen LogP contribution in [-0.2, 0) is 6.54 Å². The second-order valence-corrected chi connectivity index (χ2v) is 5.66. The Kier molecular flexibility index (Phi) is 4.25. The van der Waals surface area contributed by atoms with Gasteiger partial charge in [0.05, 0.1) is 11.4 Å². The van der Waals surface area contributed by atoms with Crippen LogP contribution in [0, 0.1) is 13.8 Å². The number of oxazole rings is 1. The van der Waals surface area contributed by atoms with Crippen LogP contribution in [0.4, 0.5) is 0 Å². The number of aryl methyl sites for hydroxylation is 2. The molecule has 0 aliphatic heterocycles. The first-order chi connectivity index (χ1) is 11.0. The number of furan rings is 1. The van der Waals surface area contributed by atoms with Crippen LogP contribution in [0.3, 0.4) is 0 Å². The first-order valence-corrected chi connectivity index (χ1v) is 7.54. The van der Waals surface area contributed by atoms with Gasteiger partial charge in [0, 0.05) is 18.8 Å². The second kappa shape index (κ2) is 6.34. The van der Waals surface area contributed by atoms with E-state index in [4.69, 9.17) is 8.83 Å². The highest BCUT2D eigenvalue weighted by Gasteiger charge is 2.19. The Bertz CT molecular complexity index is 779. The first-order valence-electron chi connectivity index (χ1n) is 7.54. The third-order valence-corrected chi connectivity index (χ3v) is 3.94. The molecule has 0 spiro atoms. The maximum absolute atomic E-state index is 5.74. The van der Waals surface area contributed by atoms with Gasteiger partial charge in [0.15, 0.2) is 5.76 Å². The van der Waals surface area contributed by atoms with Crippen LogP contribution in [-0.4, -0.2) is 26.9 Å². The summed E-state index contributed by atoms with van der Waals surface area (Å²) in [6.45, 7) is 6.59. The summed E-state index contributed by atoms with van der Waals surface area (Å²) in [4.78, 5) is 15.0. The van der Waals surface area contributed by atoms with Crippen LogP contribution in [0.15, 0.2) is 39.6 Å². The fourth-order valence-corrected chi connectivity index (χ4v) is 2.38. The highest BCUT2D eigenvalue weighted by atomic mass is 16.4. The lowest BCUT2D eigenvalue weighted by Crippen LogP contribution is -2.23. The van der Waals surface area contributed by atoms with Crippen LogP contribution >= 0.6 is 0 Å². The molecule has 3 heterocycles. The largest absolute Gasteiger partial charge is 0.456 e. The Hall–Kier alpha value is -2.47. The predicted molar refractivity (Wildman–Crippen MR) is 85.6 cm³/mol. The summed E-state index contributed by atoms with van der Waals surface area (Å²) in [6.07, 6.45) is 3.32. The highest BCUT2D eigenvalue weighted by Crippen LogP contribution is 2.25. The molecule has 0 saturated carbocycles. The molecule has 0 aromatic carbocycles. The zero-order valence-electron chi connectivity index (χ0n) is 13.8. The van der Waals surface area contributed by atoms with E-state index in [1.807, 2.05) is 39.1 Å². The average molecular weight is 312 g/mol. The molecule has 6 heteroatoms. The summed E-state index contributed by atoms with van der Waals surface area (Å²) in [7, 11) is 2.04. The van der Waals surface area contributed by atoms with Gasteiger partial charge in [-0.05, 0) is 46.0 Å². The lowest BCUT2D eigenvalue weighted by molar-refractivity contribution is 0.244. The van der Waals surface area contributed by atoms with Crippen molar-refractivity contribution in [1.82, 2.24) is 19.9 Å². The molecule has 3 aromatic heterocycles. The number of rotatable bonds is 5. The fourth-order valence-electron chi connectivity index (χ4n) is 2.38. The molecule has 0 radical (unpaired) electrons. The zero-order valence-corrected chi connectivity index (χ0v) is 13.8. The predicted octanol–water partition coefficient (Wildman–Crippen LogP) is 3.53. The third-order valence-electron chi connectivity index (χ3n) is 3.94. The van der Waals surface area contributed by atoms with Crippen molar-refractivity contribution < 1.29 is 8.83 Å². The summed E-state index contributed by atoms with van der Waals surface area (Å²) in [5, 5.41) is 0. The standard InChI is InChI=1S/C17H20N4O2/c1-11-5-6-16(22-11)17-20-15(13(3)23-17)9-21(4)12(2)14-7-8-18-10-19-14/h5-8,10,12H,9H2,1-4H3/t12-/m1/s1. The van der Waals surface area contributed by atoms with Gasteiger partial charge in [-0.1, -0.05) is 0 Å². The van der Waals surface area contributed by atoms with Gasteiger partial charge < -0.3 is 8.83 Å². The number of hydrogen-bond donors (Lipinski definition) is 0. The molecule has 0 N–H and O–H groups in total. The van der Waals surface area contributed by atoms with E-state index >= 15 is 0 Å². The quantitative estimate of drug-likeness (QED) is 0.718. The summed E-state index contributed by atoms with van der Waals surface area (Å²) >= 11 is 0. The SMILES string of the molecule is Cc1ccc(-c2nc(CN(C)[C@H](C)c3ccncn3)c(C)o2)o1. The Morgan fingerprint density at radius 2 is 2.00 bits per heavy atom. The van der Waals surface area contributed by atoms with E-state index in [1.54, 1.807) is 12.5 Å². The smallest absolute Gasteiger partial charge is 0.263 e. The summed E-state index contributed by atoms with van der Waals surface area (Å²) in [5.74, 6) is 2.82. The van der Waals surface area contributed by atoms with E-state index in [1.165, 1.54) is 0 Å². The normalized spacial score (nSPS) is 12.7. The molecular weight excluding hydrogens is 292 g/mol. The van der Waals surface area contributed by atoms with E-state index in [0.29, 0.717) is 18.2 Å².